The summed E-state index contributed by atoms with van der Waals surface area (Å²) in [7, 11) is 1.58. The average Bonchev–Trinajstić information content (AvgIpc) is 2.98. The summed E-state index contributed by atoms with van der Waals surface area (Å²) in [5.41, 5.74) is 3.43. The van der Waals surface area contributed by atoms with Crippen molar-refractivity contribution in [2.75, 3.05) is 7.11 Å². The zero-order valence-corrected chi connectivity index (χ0v) is 13.0. The maximum Gasteiger partial charge on any atom is 0.256 e. The lowest BCUT2D eigenvalue weighted by Gasteiger charge is -2.08. The van der Waals surface area contributed by atoms with Gasteiger partial charge in [0.25, 0.3) is 5.56 Å². The SMILES string of the molecule is COc1ccc2c3[nH]c(=O)c4cc(CO)c(CO)cc4c3cc-2[nH]1. The molecule has 2 heterocycles. The van der Waals surface area contributed by atoms with Crippen molar-refractivity contribution in [1.82, 2.24) is 9.97 Å². The van der Waals surface area contributed by atoms with Gasteiger partial charge in [-0.1, -0.05) is 0 Å². The first-order valence-corrected chi connectivity index (χ1v) is 7.55. The Balaban J connectivity index is 2.16. The number of methoxy groups -OCH3 is 1. The second-order valence-electron chi connectivity index (χ2n) is 5.72. The number of nitrogens with one attached hydrogen (secondary N) is 2. The number of hydrogen-bond acceptors (Lipinski definition) is 4. The van der Waals surface area contributed by atoms with E-state index in [-0.39, 0.29) is 18.8 Å². The molecule has 0 bridgehead atoms. The second-order valence-corrected chi connectivity index (χ2v) is 5.72. The van der Waals surface area contributed by atoms with Crippen molar-refractivity contribution >= 4 is 21.7 Å². The second kappa shape index (κ2) is 5.36. The molecule has 1 aliphatic heterocycles. The van der Waals surface area contributed by atoms with Crippen LogP contribution in [0.25, 0.3) is 32.9 Å². The number of aromatic nitrogens is 2. The van der Waals surface area contributed by atoms with E-state index in [4.69, 9.17) is 4.74 Å². The molecular weight excluding hydrogens is 308 g/mol. The highest BCUT2D eigenvalue weighted by atomic mass is 16.5. The first kappa shape index (κ1) is 14.7. The summed E-state index contributed by atoms with van der Waals surface area (Å²) in [6.07, 6.45) is 0. The quantitative estimate of drug-likeness (QED) is 0.464. The number of aliphatic hydroxyl groups excluding tert-OH is 2. The standard InChI is InChI=1S/C18H16N2O4/c1-24-16-3-2-11-15(19-16)6-13-12-4-9(7-21)10(8-22)5-14(12)18(23)20-17(11)13/h2-6,19,21-22H,7-8H2,1H3,(H,20,23). The van der Waals surface area contributed by atoms with Gasteiger partial charge in [-0.15, -0.1) is 0 Å². The highest BCUT2D eigenvalue weighted by Gasteiger charge is 2.17. The van der Waals surface area contributed by atoms with E-state index >= 15 is 0 Å². The molecule has 1 aliphatic carbocycles. The van der Waals surface area contributed by atoms with E-state index in [1.54, 1.807) is 25.3 Å². The van der Waals surface area contributed by atoms with Crippen LogP contribution in [-0.4, -0.2) is 27.3 Å². The highest BCUT2D eigenvalue weighted by molar-refractivity contribution is 6.13. The van der Waals surface area contributed by atoms with Gasteiger partial charge in [0.1, 0.15) is 0 Å². The number of ether oxygens (including phenoxy) is 1. The molecule has 1 aromatic carbocycles. The van der Waals surface area contributed by atoms with Gasteiger partial charge >= 0.3 is 0 Å². The van der Waals surface area contributed by atoms with E-state index < -0.39 is 0 Å². The predicted octanol–water partition coefficient (Wildman–Crippen LogP) is 2.11. The third-order valence-electron chi connectivity index (χ3n) is 4.45. The van der Waals surface area contributed by atoms with Crippen LogP contribution in [0.5, 0.6) is 5.88 Å². The molecule has 4 N–H and O–H groups in total. The van der Waals surface area contributed by atoms with Gasteiger partial charge in [-0.3, -0.25) is 4.79 Å². The van der Waals surface area contributed by atoms with Crippen molar-refractivity contribution in [1.29, 1.82) is 0 Å². The van der Waals surface area contributed by atoms with Gasteiger partial charge in [0.05, 0.1) is 31.5 Å². The Bertz CT molecular complexity index is 1090. The maximum atomic E-state index is 12.5. The zero-order chi connectivity index (χ0) is 16.8. The first-order chi connectivity index (χ1) is 11.7. The molecule has 6 heteroatoms. The number of aromatic amines is 2. The van der Waals surface area contributed by atoms with Gasteiger partial charge in [-0.05, 0) is 46.8 Å². The molecule has 0 spiro atoms. The molecule has 4 rings (SSSR count). The lowest BCUT2D eigenvalue weighted by atomic mass is 10.0. The molecule has 0 unspecified atom stereocenters. The van der Waals surface area contributed by atoms with E-state index in [1.807, 2.05) is 12.1 Å². The van der Waals surface area contributed by atoms with Crippen LogP contribution >= 0.6 is 0 Å². The Morgan fingerprint density at radius 3 is 2.33 bits per heavy atom. The number of H-pyrrole nitrogens is 2. The lowest BCUT2D eigenvalue weighted by Crippen LogP contribution is -2.07. The van der Waals surface area contributed by atoms with Crippen molar-refractivity contribution in [2.24, 2.45) is 0 Å². The van der Waals surface area contributed by atoms with Crippen LogP contribution in [-0.2, 0) is 13.2 Å². The molecule has 122 valence electrons. The van der Waals surface area contributed by atoms with Gasteiger partial charge < -0.3 is 24.9 Å². The van der Waals surface area contributed by atoms with Crippen LogP contribution in [0.4, 0.5) is 0 Å². The Hall–Kier alpha value is -2.83. The van der Waals surface area contributed by atoms with E-state index in [9.17, 15) is 15.0 Å². The summed E-state index contributed by atoms with van der Waals surface area (Å²) in [4.78, 5) is 18.6. The molecule has 2 aromatic rings. The predicted molar refractivity (Wildman–Crippen MR) is 91.4 cm³/mol. The number of fused-ring (bicyclic) bond motifs is 5. The number of pyridine rings is 2. The molecule has 0 saturated carbocycles. The summed E-state index contributed by atoms with van der Waals surface area (Å²) in [5.74, 6) is 0.628. The van der Waals surface area contributed by atoms with Gasteiger partial charge in [0, 0.05) is 16.3 Å². The molecule has 0 amide bonds. The Morgan fingerprint density at radius 2 is 1.67 bits per heavy atom. The maximum absolute atomic E-state index is 12.5. The summed E-state index contributed by atoms with van der Waals surface area (Å²) in [6, 6.07) is 9.06. The first-order valence-electron chi connectivity index (χ1n) is 7.55. The summed E-state index contributed by atoms with van der Waals surface area (Å²) in [5, 5.41) is 21.1. The number of rotatable bonds is 3. The minimum Gasteiger partial charge on any atom is -0.482 e. The fraction of sp³-hybridized carbons (Fsp3) is 0.167. The Kier molecular flexibility index (Phi) is 3.30. The molecule has 2 aliphatic rings. The molecule has 1 aromatic heterocycles. The highest BCUT2D eigenvalue weighted by Crippen LogP contribution is 2.36. The van der Waals surface area contributed by atoms with Crippen molar-refractivity contribution in [2.45, 2.75) is 13.2 Å². The largest absolute Gasteiger partial charge is 0.482 e. The van der Waals surface area contributed by atoms with Crippen LogP contribution in [0.1, 0.15) is 11.1 Å². The summed E-state index contributed by atoms with van der Waals surface area (Å²) in [6.45, 7) is -0.419. The van der Waals surface area contributed by atoms with Gasteiger partial charge in [-0.2, -0.15) is 0 Å². The van der Waals surface area contributed by atoms with Crippen molar-refractivity contribution in [3.8, 4) is 17.1 Å². The van der Waals surface area contributed by atoms with Crippen molar-refractivity contribution in [3.63, 3.8) is 0 Å². The zero-order valence-electron chi connectivity index (χ0n) is 13.0. The van der Waals surface area contributed by atoms with Crippen LogP contribution in [0, 0.1) is 0 Å². The van der Waals surface area contributed by atoms with Crippen molar-refractivity contribution < 1.29 is 14.9 Å². The fourth-order valence-corrected chi connectivity index (χ4v) is 3.23. The van der Waals surface area contributed by atoms with Gasteiger partial charge in [-0.25, -0.2) is 0 Å². The average molecular weight is 324 g/mol. The third kappa shape index (κ3) is 2.01. The van der Waals surface area contributed by atoms with E-state index in [0.29, 0.717) is 22.4 Å². The van der Waals surface area contributed by atoms with E-state index in [0.717, 1.165) is 27.5 Å². The van der Waals surface area contributed by atoms with Crippen LogP contribution in [0.15, 0.2) is 35.1 Å². The van der Waals surface area contributed by atoms with E-state index in [2.05, 4.69) is 9.97 Å². The van der Waals surface area contributed by atoms with Crippen LogP contribution in [0.3, 0.4) is 0 Å². The minimum absolute atomic E-state index is 0.194. The molecular formula is C18H16N2O4. The Morgan fingerprint density at radius 1 is 0.958 bits per heavy atom. The molecule has 0 fully saturated rings. The summed E-state index contributed by atoms with van der Waals surface area (Å²) >= 11 is 0. The fourth-order valence-electron chi connectivity index (χ4n) is 3.23. The number of hydrogen-bond donors (Lipinski definition) is 4. The van der Waals surface area contributed by atoms with E-state index in [1.165, 1.54) is 0 Å². The van der Waals surface area contributed by atoms with Crippen LogP contribution in [0.2, 0.25) is 0 Å². The molecule has 24 heavy (non-hydrogen) atoms. The molecule has 0 radical (unpaired) electrons. The smallest absolute Gasteiger partial charge is 0.256 e. The minimum atomic E-state index is -0.225. The molecule has 0 atom stereocenters. The Labute approximate surface area is 136 Å². The molecule has 0 saturated heterocycles. The monoisotopic (exact) mass is 324 g/mol. The van der Waals surface area contributed by atoms with Gasteiger partial charge in [0.2, 0.25) is 0 Å². The lowest BCUT2D eigenvalue weighted by molar-refractivity contribution is 0.260. The summed E-state index contributed by atoms with van der Waals surface area (Å²) < 4.78 is 5.21. The normalized spacial score (nSPS) is 11.6. The van der Waals surface area contributed by atoms with Crippen molar-refractivity contribution in [3.05, 3.63) is 51.8 Å². The third-order valence-corrected chi connectivity index (χ3v) is 4.45. The number of aliphatic hydroxyl groups is 2. The molecule has 6 nitrogen and oxygen atoms in total. The topological polar surface area (TPSA) is 98.3 Å². The number of benzene rings is 1. The van der Waals surface area contributed by atoms with Crippen LogP contribution < -0.4 is 10.3 Å². The van der Waals surface area contributed by atoms with Gasteiger partial charge in [0.15, 0.2) is 5.88 Å².